The highest BCUT2D eigenvalue weighted by atomic mass is 16.5. The SMILES string of the molecule is C[C@@H]1NC2N(C1=O)c1ccccc1[C@]21C[C@@H]2C(=O)N[C@](C)(O1)c1nc3ccccc3c(=O)n12. The van der Waals surface area contributed by atoms with E-state index in [-0.39, 0.29) is 23.8 Å². The summed E-state index contributed by atoms with van der Waals surface area (Å²) in [6.45, 7) is 3.55. The predicted molar refractivity (Wildman–Crippen MR) is 118 cm³/mol. The Labute approximate surface area is 188 Å². The summed E-state index contributed by atoms with van der Waals surface area (Å²) in [6.07, 6.45) is -0.321. The fourth-order valence-corrected chi connectivity index (χ4v) is 6.05. The molecule has 5 aliphatic heterocycles. The summed E-state index contributed by atoms with van der Waals surface area (Å²) >= 11 is 0. The Kier molecular flexibility index (Phi) is 3.37. The molecule has 2 aromatic carbocycles. The van der Waals surface area contributed by atoms with E-state index in [2.05, 4.69) is 10.6 Å². The second-order valence-corrected chi connectivity index (χ2v) is 9.38. The van der Waals surface area contributed by atoms with Gasteiger partial charge in [0.05, 0.1) is 22.6 Å². The molecule has 5 aliphatic rings. The van der Waals surface area contributed by atoms with Gasteiger partial charge < -0.3 is 10.1 Å². The Balaban J connectivity index is 1.52. The predicted octanol–water partition coefficient (Wildman–Crippen LogP) is 1.22. The van der Waals surface area contributed by atoms with Crippen molar-refractivity contribution >= 4 is 28.4 Å². The Bertz CT molecular complexity index is 1470. The number of hydrogen-bond donors (Lipinski definition) is 2. The summed E-state index contributed by atoms with van der Waals surface area (Å²) in [6, 6.07) is 13.5. The van der Waals surface area contributed by atoms with Gasteiger partial charge in [0.2, 0.25) is 11.8 Å². The maximum absolute atomic E-state index is 13.6. The molecule has 1 unspecified atom stereocenters. The van der Waals surface area contributed by atoms with Crippen molar-refractivity contribution < 1.29 is 14.3 Å². The van der Waals surface area contributed by atoms with Gasteiger partial charge in [-0.15, -0.1) is 0 Å². The largest absolute Gasteiger partial charge is 0.334 e. The Morgan fingerprint density at radius 2 is 1.85 bits per heavy atom. The Morgan fingerprint density at radius 1 is 1.09 bits per heavy atom. The van der Waals surface area contributed by atoms with Crippen LogP contribution in [0.25, 0.3) is 10.9 Å². The van der Waals surface area contributed by atoms with E-state index in [0.717, 1.165) is 11.3 Å². The third kappa shape index (κ3) is 2.14. The summed E-state index contributed by atoms with van der Waals surface area (Å²) in [5, 5.41) is 6.81. The molecule has 1 aromatic heterocycles. The highest BCUT2D eigenvalue weighted by Gasteiger charge is 2.65. The van der Waals surface area contributed by atoms with Crippen molar-refractivity contribution in [1.29, 1.82) is 0 Å². The maximum Gasteiger partial charge on any atom is 0.262 e. The number of aromatic nitrogens is 2. The molecule has 3 aromatic rings. The van der Waals surface area contributed by atoms with Gasteiger partial charge >= 0.3 is 0 Å². The van der Waals surface area contributed by atoms with Gasteiger partial charge in [-0.05, 0) is 32.0 Å². The van der Waals surface area contributed by atoms with Crippen LogP contribution < -0.4 is 21.1 Å². The van der Waals surface area contributed by atoms with Gasteiger partial charge in [-0.25, -0.2) is 4.98 Å². The molecule has 6 heterocycles. The highest BCUT2D eigenvalue weighted by molar-refractivity contribution is 6.02. The van der Waals surface area contributed by atoms with Gasteiger partial charge in [0.1, 0.15) is 17.8 Å². The van der Waals surface area contributed by atoms with E-state index in [1.807, 2.05) is 37.3 Å². The van der Waals surface area contributed by atoms with Crippen molar-refractivity contribution in [1.82, 2.24) is 20.2 Å². The van der Waals surface area contributed by atoms with Crippen LogP contribution in [0.3, 0.4) is 0 Å². The molecule has 0 radical (unpaired) electrons. The molecule has 2 saturated heterocycles. The number of anilines is 1. The van der Waals surface area contributed by atoms with Crippen LogP contribution in [0, 0.1) is 0 Å². The molecule has 166 valence electrons. The zero-order valence-electron chi connectivity index (χ0n) is 18.0. The minimum absolute atomic E-state index is 0.0486. The van der Waals surface area contributed by atoms with Crippen molar-refractivity contribution in [2.24, 2.45) is 0 Å². The van der Waals surface area contributed by atoms with Gasteiger partial charge in [0.15, 0.2) is 11.5 Å². The summed E-state index contributed by atoms with van der Waals surface area (Å²) < 4.78 is 8.35. The lowest BCUT2D eigenvalue weighted by Crippen LogP contribution is -2.57. The van der Waals surface area contributed by atoms with Gasteiger partial charge in [-0.2, -0.15) is 0 Å². The molecular formula is C24H21N5O4. The lowest BCUT2D eigenvalue weighted by molar-refractivity contribution is -0.180. The fraction of sp³-hybridized carbons (Fsp3) is 0.333. The van der Waals surface area contributed by atoms with Crippen molar-refractivity contribution in [2.45, 2.75) is 49.8 Å². The Morgan fingerprint density at radius 3 is 2.70 bits per heavy atom. The number of ether oxygens (including phenoxy) is 1. The smallest absolute Gasteiger partial charge is 0.262 e. The number of carbonyl (C=O) groups is 2. The number of nitrogens with one attached hydrogen (secondary N) is 2. The molecule has 33 heavy (non-hydrogen) atoms. The Hall–Kier alpha value is -3.56. The molecule has 2 bridgehead atoms. The first-order chi connectivity index (χ1) is 15.8. The van der Waals surface area contributed by atoms with Gasteiger partial charge in [0.25, 0.3) is 5.56 Å². The quantitative estimate of drug-likeness (QED) is 0.541. The number of carbonyl (C=O) groups excluding carboxylic acids is 2. The van der Waals surface area contributed by atoms with Gasteiger partial charge in [-0.1, -0.05) is 30.3 Å². The number of amides is 2. The summed E-state index contributed by atoms with van der Waals surface area (Å²) in [5.74, 6) is 0.0165. The number of nitrogens with zero attached hydrogens (tertiary/aromatic N) is 3. The molecule has 0 saturated carbocycles. The van der Waals surface area contributed by atoms with Crippen LogP contribution in [0.4, 0.5) is 5.69 Å². The van der Waals surface area contributed by atoms with Crippen LogP contribution in [0.2, 0.25) is 0 Å². The van der Waals surface area contributed by atoms with E-state index in [1.54, 1.807) is 30.0 Å². The normalized spacial score (nSPS) is 33.8. The number of benzene rings is 2. The highest BCUT2D eigenvalue weighted by Crippen LogP contribution is 2.56. The number of fused-ring (bicyclic) bond motifs is 5. The monoisotopic (exact) mass is 443 g/mol. The average Bonchev–Trinajstić information content (AvgIpc) is 3.13. The number of para-hydroxylation sites is 2. The van der Waals surface area contributed by atoms with E-state index in [9.17, 15) is 14.4 Å². The first-order valence-corrected chi connectivity index (χ1v) is 11.1. The van der Waals surface area contributed by atoms with Crippen LogP contribution in [0.1, 0.15) is 37.7 Å². The van der Waals surface area contributed by atoms with Crippen molar-refractivity contribution in [3.63, 3.8) is 0 Å². The van der Waals surface area contributed by atoms with Crippen molar-refractivity contribution in [2.75, 3.05) is 4.90 Å². The molecule has 9 nitrogen and oxygen atoms in total. The van der Waals surface area contributed by atoms with Crippen molar-refractivity contribution in [3.05, 3.63) is 70.3 Å². The van der Waals surface area contributed by atoms with E-state index in [1.165, 1.54) is 4.57 Å². The lowest BCUT2D eigenvalue weighted by Gasteiger charge is -2.40. The zero-order chi connectivity index (χ0) is 22.7. The molecule has 0 aliphatic carbocycles. The molecular weight excluding hydrogens is 422 g/mol. The molecule has 2 fully saturated rings. The zero-order valence-corrected chi connectivity index (χ0v) is 18.0. The van der Waals surface area contributed by atoms with Crippen molar-refractivity contribution in [3.8, 4) is 0 Å². The van der Waals surface area contributed by atoms with Crippen LogP contribution in [0.5, 0.6) is 0 Å². The summed E-state index contributed by atoms with van der Waals surface area (Å²) in [5.41, 5.74) is -0.563. The molecule has 9 heteroatoms. The summed E-state index contributed by atoms with van der Waals surface area (Å²) in [7, 11) is 0. The number of hydrogen-bond acceptors (Lipinski definition) is 6. The third-order valence-corrected chi connectivity index (χ3v) is 7.43. The fourth-order valence-electron chi connectivity index (χ4n) is 6.05. The average molecular weight is 443 g/mol. The van der Waals surface area contributed by atoms with Crippen LogP contribution in [0.15, 0.2) is 53.3 Å². The molecule has 2 N–H and O–H groups in total. The van der Waals surface area contributed by atoms with E-state index in [0.29, 0.717) is 16.7 Å². The van der Waals surface area contributed by atoms with E-state index < -0.39 is 29.6 Å². The van der Waals surface area contributed by atoms with E-state index >= 15 is 0 Å². The van der Waals surface area contributed by atoms with Crippen LogP contribution in [-0.2, 0) is 25.7 Å². The lowest BCUT2D eigenvalue weighted by atomic mass is 9.86. The second kappa shape index (κ2) is 5.86. The maximum atomic E-state index is 13.6. The standard InChI is InChI=1S/C24H21N5O4/c1-12-19(31)28-16-10-6-4-8-14(16)24(22(28)25-12)11-17-18(30)27-23(2,33-24)21-26-15-9-5-3-7-13(15)20(32)29(17)21/h3-10,12,17,22,25H,11H2,1-2H3,(H,27,30)/t12-,17+,22?,23+,24+/m0/s1. The molecule has 1 spiro atoms. The topological polar surface area (TPSA) is 106 Å². The van der Waals surface area contributed by atoms with Gasteiger partial charge in [0, 0.05) is 12.0 Å². The van der Waals surface area contributed by atoms with E-state index in [4.69, 9.17) is 9.72 Å². The first kappa shape index (κ1) is 19.0. The van der Waals surface area contributed by atoms with Crippen LogP contribution >= 0.6 is 0 Å². The third-order valence-electron chi connectivity index (χ3n) is 7.43. The molecule has 5 atom stereocenters. The van der Waals surface area contributed by atoms with Gasteiger partial charge in [-0.3, -0.25) is 29.2 Å². The minimum atomic E-state index is -1.37. The summed E-state index contributed by atoms with van der Waals surface area (Å²) in [4.78, 5) is 46.5. The minimum Gasteiger partial charge on any atom is -0.334 e. The second-order valence-electron chi connectivity index (χ2n) is 9.38. The number of rotatable bonds is 0. The molecule has 8 rings (SSSR count). The van der Waals surface area contributed by atoms with Crippen LogP contribution in [-0.4, -0.2) is 33.6 Å². The first-order valence-electron chi connectivity index (χ1n) is 11.1. The molecule has 2 amide bonds.